The molecule has 1 aliphatic rings. The fourth-order valence-corrected chi connectivity index (χ4v) is 1.45. The zero-order chi connectivity index (χ0) is 11.5. The van der Waals surface area contributed by atoms with E-state index in [0.717, 1.165) is 12.8 Å². The molecule has 0 spiro atoms. The number of hydrogen-bond donors (Lipinski definition) is 3. The molecular weight excluding hydrogens is 207 g/mol. The lowest BCUT2D eigenvalue weighted by atomic mass is 9.81. The van der Waals surface area contributed by atoms with Crippen molar-refractivity contribution in [3.8, 4) is 0 Å². The van der Waals surface area contributed by atoms with Crippen LogP contribution < -0.4 is 10.8 Å². The van der Waals surface area contributed by atoms with Gasteiger partial charge in [0.15, 0.2) is 0 Å². The van der Waals surface area contributed by atoms with Crippen LogP contribution >= 0.6 is 0 Å². The van der Waals surface area contributed by atoms with E-state index >= 15 is 0 Å². The highest BCUT2D eigenvalue weighted by Gasteiger charge is 2.24. The molecule has 6 heteroatoms. The molecule has 0 radical (unpaired) electrons. The first-order valence-corrected chi connectivity index (χ1v) is 5.27. The molecule has 1 aliphatic carbocycles. The zero-order valence-corrected chi connectivity index (χ0v) is 8.76. The molecule has 1 aromatic heterocycles. The van der Waals surface area contributed by atoms with Crippen molar-refractivity contribution in [2.24, 2.45) is 5.92 Å². The quantitative estimate of drug-likeness (QED) is 0.597. The van der Waals surface area contributed by atoms with E-state index in [0.29, 0.717) is 23.6 Å². The van der Waals surface area contributed by atoms with E-state index in [1.54, 1.807) is 0 Å². The van der Waals surface area contributed by atoms with Crippen molar-refractivity contribution in [1.82, 2.24) is 4.98 Å². The monoisotopic (exact) mass is 220 g/mol. The zero-order valence-electron chi connectivity index (χ0n) is 8.76. The molecule has 16 heavy (non-hydrogen) atoms. The number of nitrogens with one attached hydrogen (secondary N) is 1. The Bertz CT molecular complexity index is 393. The lowest BCUT2D eigenvalue weighted by Crippen LogP contribution is -2.30. The van der Waals surface area contributed by atoms with Crippen molar-refractivity contribution >= 4 is 24.3 Å². The summed E-state index contributed by atoms with van der Waals surface area (Å²) in [4.78, 5) is 15.4. The largest absolute Gasteiger partial charge is 0.488 e. The average molecular weight is 220 g/mol. The Morgan fingerprint density at radius 2 is 2.31 bits per heavy atom. The highest BCUT2D eigenvalue weighted by molar-refractivity contribution is 6.58. The SMILES string of the molecule is O=C(CC1CC1)Nc1cc(B(O)O)ccn1. The maximum atomic E-state index is 11.5. The summed E-state index contributed by atoms with van der Waals surface area (Å²) in [6.07, 6.45) is 4.20. The van der Waals surface area contributed by atoms with Gasteiger partial charge in [-0.3, -0.25) is 4.79 Å². The van der Waals surface area contributed by atoms with Crippen molar-refractivity contribution in [2.45, 2.75) is 19.3 Å². The standard InChI is InChI=1S/C10H13BN2O3/c14-10(5-7-1-2-7)13-9-6-8(11(15)16)3-4-12-9/h3-4,6-7,15-16H,1-2,5H2,(H,12,13,14). The van der Waals surface area contributed by atoms with E-state index in [-0.39, 0.29) is 5.91 Å². The van der Waals surface area contributed by atoms with Crippen LogP contribution in [0.5, 0.6) is 0 Å². The van der Waals surface area contributed by atoms with Gasteiger partial charge in [0.2, 0.25) is 5.91 Å². The van der Waals surface area contributed by atoms with E-state index < -0.39 is 7.12 Å². The molecule has 2 rings (SSSR count). The molecule has 0 saturated heterocycles. The van der Waals surface area contributed by atoms with Gasteiger partial charge in [-0.25, -0.2) is 4.98 Å². The second kappa shape index (κ2) is 4.63. The fourth-order valence-electron chi connectivity index (χ4n) is 1.45. The van der Waals surface area contributed by atoms with Gasteiger partial charge >= 0.3 is 7.12 Å². The summed E-state index contributed by atoms with van der Waals surface area (Å²) in [5.74, 6) is 0.808. The second-order valence-corrected chi connectivity index (χ2v) is 4.04. The topological polar surface area (TPSA) is 82.5 Å². The molecule has 0 unspecified atom stereocenters. The van der Waals surface area contributed by atoms with Gasteiger partial charge in [-0.15, -0.1) is 0 Å². The number of carbonyl (C=O) groups is 1. The molecule has 1 fully saturated rings. The Morgan fingerprint density at radius 3 is 2.94 bits per heavy atom. The summed E-state index contributed by atoms with van der Waals surface area (Å²) in [5, 5.41) is 20.5. The van der Waals surface area contributed by atoms with E-state index in [4.69, 9.17) is 10.0 Å². The Balaban J connectivity index is 1.97. The lowest BCUT2D eigenvalue weighted by Gasteiger charge is -2.05. The van der Waals surface area contributed by atoms with Crippen molar-refractivity contribution in [1.29, 1.82) is 0 Å². The predicted octanol–water partition coefficient (Wildman–Crippen LogP) is -0.500. The van der Waals surface area contributed by atoms with Gasteiger partial charge in [0.25, 0.3) is 0 Å². The number of rotatable bonds is 4. The Hall–Kier alpha value is -1.40. The third-order valence-corrected chi connectivity index (χ3v) is 2.52. The number of anilines is 1. The summed E-state index contributed by atoms with van der Waals surface area (Å²) in [5.41, 5.74) is 0.316. The van der Waals surface area contributed by atoms with Crippen LogP contribution in [0.3, 0.4) is 0 Å². The lowest BCUT2D eigenvalue weighted by molar-refractivity contribution is -0.116. The minimum absolute atomic E-state index is 0.0698. The highest BCUT2D eigenvalue weighted by Crippen LogP contribution is 2.32. The highest BCUT2D eigenvalue weighted by atomic mass is 16.4. The fraction of sp³-hybridized carbons (Fsp3) is 0.400. The Kier molecular flexibility index (Phi) is 3.21. The van der Waals surface area contributed by atoms with Gasteiger partial charge in [-0.1, -0.05) is 0 Å². The number of hydrogen-bond acceptors (Lipinski definition) is 4. The van der Waals surface area contributed by atoms with Gasteiger partial charge in [0.05, 0.1) is 0 Å². The summed E-state index contributed by atoms with van der Waals surface area (Å²) < 4.78 is 0. The summed E-state index contributed by atoms with van der Waals surface area (Å²) in [6.45, 7) is 0. The van der Waals surface area contributed by atoms with E-state index in [9.17, 15) is 4.79 Å². The number of aromatic nitrogens is 1. The third kappa shape index (κ3) is 3.05. The van der Waals surface area contributed by atoms with Crippen LogP contribution in [0.4, 0.5) is 5.82 Å². The first-order valence-electron chi connectivity index (χ1n) is 5.27. The molecule has 0 aliphatic heterocycles. The van der Waals surface area contributed by atoms with Crippen LogP contribution in [0.2, 0.25) is 0 Å². The van der Waals surface area contributed by atoms with Crippen LogP contribution in [0.25, 0.3) is 0 Å². The summed E-state index contributed by atoms with van der Waals surface area (Å²) >= 11 is 0. The van der Waals surface area contributed by atoms with E-state index in [1.807, 2.05) is 0 Å². The normalized spacial score (nSPS) is 14.6. The van der Waals surface area contributed by atoms with Crippen LogP contribution in [0.15, 0.2) is 18.3 Å². The summed E-state index contributed by atoms with van der Waals surface area (Å²) in [6, 6.07) is 2.94. The van der Waals surface area contributed by atoms with Crippen LogP contribution in [0, 0.1) is 5.92 Å². The average Bonchev–Trinajstić information content (AvgIpc) is 3.01. The number of carbonyl (C=O) groups excluding carboxylic acids is 1. The molecular formula is C10H13BN2O3. The van der Waals surface area contributed by atoms with Gasteiger partial charge in [-0.2, -0.15) is 0 Å². The molecule has 1 amide bonds. The number of amides is 1. The van der Waals surface area contributed by atoms with Crippen LogP contribution in [0.1, 0.15) is 19.3 Å². The van der Waals surface area contributed by atoms with E-state index in [2.05, 4.69) is 10.3 Å². The molecule has 0 aromatic carbocycles. The molecule has 0 bridgehead atoms. The minimum atomic E-state index is -1.54. The Labute approximate surface area is 93.7 Å². The van der Waals surface area contributed by atoms with Gasteiger partial charge < -0.3 is 15.4 Å². The summed E-state index contributed by atoms with van der Waals surface area (Å²) in [7, 11) is -1.54. The smallest absolute Gasteiger partial charge is 0.423 e. The van der Waals surface area contributed by atoms with Crippen LogP contribution in [-0.4, -0.2) is 28.1 Å². The molecule has 0 atom stereocenters. The first kappa shape index (κ1) is 11.1. The maximum absolute atomic E-state index is 11.5. The molecule has 3 N–H and O–H groups in total. The Morgan fingerprint density at radius 1 is 1.56 bits per heavy atom. The van der Waals surface area contributed by atoms with Crippen LogP contribution in [-0.2, 0) is 4.79 Å². The van der Waals surface area contributed by atoms with Crippen molar-refractivity contribution in [2.75, 3.05) is 5.32 Å². The number of nitrogens with zero attached hydrogens (tertiary/aromatic N) is 1. The molecule has 1 saturated carbocycles. The first-order chi connectivity index (χ1) is 7.65. The number of pyridine rings is 1. The molecule has 1 aromatic rings. The molecule has 84 valence electrons. The second-order valence-electron chi connectivity index (χ2n) is 4.04. The van der Waals surface area contributed by atoms with Crippen molar-refractivity contribution in [3.05, 3.63) is 18.3 Å². The third-order valence-electron chi connectivity index (χ3n) is 2.52. The maximum Gasteiger partial charge on any atom is 0.488 e. The minimum Gasteiger partial charge on any atom is -0.423 e. The van der Waals surface area contributed by atoms with Crippen molar-refractivity contribution < 1.29 is 14.8 Å². The molecule has 1 heterocycles. The van der Waals surface area contributed by atoms with Gasteiger partial charge in [0, 0.05) is 12.6 Å². The predicted molar refractivity (Wildman–Crippen MR) is 60.0 cm³/mol. The van der Waals surface area contributed by atoms with Crippen molar-refractivity contribution in [3.63, 3.8) is 0 Å². The van der Waals surface area contributed by atoms with E-state index in [1.165, 1.54) is 18.3 Å². The molecule has 5 nitrogen and oxygen atoms in total. The van der Waals surface area contributed by atoms with Gasteiger partial charge in [-0.05, 0) is 36.4 Å². The van der Waals surface area contributed by atoms with Gasteiger partial charge in [0.1, 0.15) is 5.82 Å².